The zero-order valence-corrected chi connectivity index (χ0v) is 12.3. The highest BCUT2D eigenvalue weighted by atomic mass is 32.2. The summed E-state index contributed by atoms with van der Waals surface area (Å²) in [5.41, 5.74) is 6.44. The minimum Gasteiger partial charge on any atom is -0.382 e. The number of aromatic nitrogens is 5. The van der Waals surface area contributed by atoms with Gasteiger partial charge in [0.05, 0.1) is 5.69 Å². The SMILES string of the molecule is CSc1nn(-c2n[nH]c(=O)n2-c2ccccc2)c(N)c1C#N. The maximum absolute atomic E-state index is 12.0. The second kappa shape index (κ2) is 5.42. The third kappa shape index (κ3) is 2.06. The van der Waals surface area contributed by atoms with Crippen LogP contribution in [-0.2, 0) is 0 Å². The van der Waals surface area contributed by atoms with Crippen LogP contribution in [0.5, 0.6) is 0 Å². The highest BCUT2D eigenvalue weighted by Crippen LogP contribution is 2.25. The Kier molecular flexibility index (Phi) is 3.44. The molecular weight excluding hydrogens is 302 g/mol. The van der Waals surface area contributed by atoms with Gasteiger partial charge in [-0.3, -0.25) is 0 Å². The van der Waals surface area contributed by atoms with Gasteiger partial charge in [-0.15, -0.1) is 16.9 Å². The molecule has 22 heavy (non-hydrogen) atoms. The van der Waals surface area contributed by atoms with E-state index in [1.54, 1.807) is 30.5 Å². The number of anilines is 1. The Morgan fingerprint density at radius 3 is 2.68 bits per heavy atom. The van der Waals surface area contributed by atoms with Crippen LogP contribution in [0.1, 0.15) is 5.56 Å². The molecule has 0 aliphatic carbocycles. The number of nitrogens with zero attached hydrogens (tertiary/aromatic N) is 5. The van der Waals surface area contributed by atoms with E-state index in [0.717, 1.165) is 0 Å². The number of hydrogen-bond acceptors (Lipinski definition) is 6. The number of hydrogen-bond donors (Lipinski definition) is 2. The second-order valence-corrected chi connectivity index (χ2v) is 5.09. The first-order chi connectivity index (χ1) is 10.7. The van der Waals surface area contributed by atoms with Gasteiger partial charge in [0, 0.05) is 0 Å². The first kappa shape index (κ1) is 14.0. The van der Waals surface area contributed by atoms with Crippen LogP contribution >= 0.6 is 11.8 Å². The zero-order valence-electron chi connectivity index (χ0n) is 11.5. The first-order valence-electron chi connectivity index (χ1n) is 6.23. The summed E-state index contributed by atoms with van der Waals surface area (Å²) in [6.45, 7) is 0. The summed E-state index contributed by atoms with van der Waals surface area (Å²) in [7, 11) is 0. The maximum atomic E-state index is 12.0. The lowest BCUT2D eigenvalue weighted by Crippen LogP contribution is -2.18. The molecule has 0 radical (unpaired) electrons. The summed E-state index contributed by atoms with van der Waals surface area (Å²) in [5, 5.41) is 20.3. The molecule has 9 heteroatoms. The number of nitrogens with one attached hydrogen (secondary N) is 1. The summed E-state index contributed by atoms with van der Waals surface area (Å²) < 4.78 is 2.63. The number of H-pyrrole nitrogens is 1. The Morgan fingerprint density at radius 1 is 1.36 bits per heavy atom. The molecule has 1 aromatic carbocycles. The molecule has 3 aromatic rings. The summed E-state index contributed by atoms with van der Waals surface area (Å²) in [6.07, 6.45) is 1.79. The van der Waals surface area contributed by atoms with Crippen molar-refractivity contribution >= 4 is 17.6 Å². The van der Waals surface area contributed by atoms with Crippen LogP contribution in [-0.4, -0.2) is 30.8 Å². The molecule has 0 saturated carbocycles. The van der Waals surface area contributed by atoms with E-state index < -0.39 is 5.69 Å². The van der Waals surface area contributed by atoms with Gasteiger partial charge in [0.2, 0.25) is 0 Å². The Labute approximate surface area is 129 Å². The third-order valence-electron chi connectivity index (χ3n) is 3.05. The van der Waals surface area contributed by atoms with Crippen molar-refractivity contribution in [2.75, 3.05) is 12.0 Å². The molecular formula is C13H11N7OS. The summed E-state index contributed by atoms with van der Waals surface area (Å²) in [4.78, 5) is 12.0. The van der Waals surface area contributed by atoms with Crippen LogP contribution in [0.25, 0.3) is 11.6 Å². The standard InChI is InChI=1S/C13H11N7OS/c1-22-11-9(7-14)10(15)20(18-11)12-16-17-13(21)19(12)8-5-3-2-4-6-8/h2-6H,15H2,1H3,(H,17,21). The number of benzene rings is 1. The van der Waals surface area contributed by atoms with Crippen LogP contribution in [0.4, 0.5) is 5.82 Å². The average molecular weight is 313 g/mol. The Bertz CT molecular complexity index is 916. The van der Waals surface area contributed by atoms with Crippen LogP contribution in [0.3, 0.4) is 0 Å². The Hall–Kier alpha value is -2.99. The van der Waals surface area contributed by atoms with Gasteiger partial charge < -0.3 is 5.73 Å². The fraction of sp³-hybridized carbons (Fsp3) is 0.0769. The van der Waals surface area contributed by atoms with Gasteiger partial charge >= 0.3 is 5.69 Å². The molecule has 0 atom stereocenters. The van der Waals surface area contributed by atoms with Gasteiger partial charge in [-0.25, -0.2) is 14.5 Å². The highest BCUT2D eigenvalue weighted by molar-refractivity contribution is 7.98. The fourth-order valence-corrected chi connectivity index (χ4v) is 2.57. The molecule has 3 rings (SSSR count). The van der Waals surface area contributed by atoms with Crippen molar-refractivity contribution in [3.05, 3.63) is 46.4 Å². The number of aromatic amines is 1. The van der Waals surface area contributed by atoms with Crippen molar-refractivity contribution in [1.82, 2.24) is 24.5 Å². The van der Waals surface area contributed by atoms with Gasteiger partial charge in [-0.05, 0) is 18.4 Å². The number of rotatable bonds is 3. The molecule has 0 saturated heterocycles. The zero-order chi connectivity index (χ0) is 15.7. The van der Waals surface area contributed by atoms with Crippen molar-refractivity contribution in [2.24, 2.45) is 0 Å². The number of nitrogens with two attached hydrogens (primary N) is 1. The van der Waals surface area contributed by atoms with E-state index in [4.69, 9.17) is 5.73 Å². The first-order valence-corrected chi connectivity index (χ1v) is 7.45. The molecule has 8 nitrogen and oxygen atoms in total. The van der Waals surface area contributed by atoms with Crippen molar-refractivity contribution in [1.29, 1.82) is 5.26 Å². The van der Waals surface area contributed by atoms with Crippen LogP contribution < -0.4 is 11.4 Å². The predicted octanol–water partition coefficient (Wildman–Crippen LogP) is 0.922. The van der Waals surface area contributed by atoms with Crippen LogP contribution in [0.2, 0.25) is 0 Å². The van der Waals surface area contributed by atoms with E-state index in [2.05, 4.69) is 15.3 Å². The van der Waals surface area contributed by atoms with Gasteiger partial charge in [0.1, 0.15) is 22.5 Å². The number of para-hydroxylation sites is 1. The molecule has 3 N–H and O–H groups in total. The molecule has 2 heterocycles. The van der Waals surface area contributed by atoms with E-state index in [1.807, 2.05) is 12.1 Å². The van der Waals surface area contributed by atoms with Gasteiger partial charge in [-0.2, -0.15) is 15.0 Å². The molecule has 0 aliphatic rings. The molecule has 2 aromatic heterocycles. The van der Waals surface area contributed by atoms with E-state index >= 15 is 0 Å². The minimum atomic E-state index is -0.416. The van der Waals surface area contributed by atoms with Gasteiger partial charge in [-0.1, -0.05) is 18.2 Å². The van der Waals surface area contributed by atoms with E-state index in [1.165, 1.54) is 21.0 Å². The lowest BCUT2D eigenvalue weighted by atomic mass is 10.3. The number of nitrogen functional groups attached to an aromatic ring is 1. The van der Waals surface area contributed by atoms with E-state index in [9.17, 15) is 10.1 Å². The van der Waals surface area contributed by atoms with Gasteiger partial charge in [0.25, 0.3) is 5.95 Å². The third-order valence-corrected chi connectivity index (χ3v) is 3.73. The number of nitriles is 1. The molecule has 0 fully saturated rings. The molecule has 0 spiro atoms. The number of thioether (sulfide) groups is 1. The van der Waals surface area contributed by atoms with Gasteiger partial charge in [0.15, 0.2) is 0 Å². The van der Waals surface area contributed by atoms with Crippen LogP contribution in [0.15, 0.2) is 40.2 Å². The van der Waals surface area contributed by atoms with Crippen molar-refractivity contribution < 1.29 is 0 Å². The van der Waals surface area contributed by atoms with Crippen molar-refractivity contribution in [3.8, 4) is 17.7 Å². The van der Waals surface area contributed by atoms with Crippen LogP contribution in [0, 0.1) is 11.3 Å². The average Bonchev–Trinajstić information content (AvgIpc) is 3.07. The molecule has 0 amide bonds. The second-order valence-electron chi connectivity index (χ2n) is 4.29. The quantitative estimate of drug-likeness (QED) is 0.694. The highest BCUT2D eigenvalue weighted by Gasteiger charge is 2.21. The normalized spacial score (nSPS) is 10.5. The summed E-state index contributed by atoms with van der Waals surface area (Å²) in [5.74, 6) is 0.341. The van der Waals surface area contributed by atoms with Crippen molar-refractivity contribution in [3.63, 3.8) is 0 Å². The fourth-order valence-electron chi connectivity index (χ4n) is 2.05. The van der Waals surface area contributed by atoms with E-state index in [0.29, 0.717) is 10.7 Å². The summed E-state index contributed by atoms with van der Waals surface area (Å²) in [6, 6.07) is 11.0. The van der Waals surface area contributed by atoms with Crippen molar-refractivity contribution in [2.45, 2.75) is 5.03 Å². The topological polar surface area (TPSA) is 118 Å². The molecule has 0 aliphatic heterocycles. The monoisotopic (exact) mass is 313 g/mol. The minimum absolute atomic E-state index is 0.142. The molecule has 0 unspecified atom stereocenters. The Morgan fingerprint density at radius 2 is 2.09 bits per heavy atom. The summed E-state index contributed by atoms with van der Waals surface area (Å²) >= 11 is 1.30. The predicted molar refractivity (Wildman–Crippen MR) is 82.2 cm³/mol. The van der Waals surface area contributed by atoms with E-state index in [-0.39, 0.29) is 17.3 Å². The smallest absolute Gasteiger partial charge is 0.349 e. The lowest BCUT2D eigenvalue weighted by molar-refractivity contribution is 0.764. The largest absolute Gasteiger partial charge is 0.382 e. The molecule has 0 bridgehead atoms. The maximum Gasteiger partial charge on any atom is 0.349 e. The lowest BCUT2D eigenvalue weighted by Gasteiger charge is -2.06. The Balaban J connectivity index is 2.26. The molecule has 110 valence electrons.